The van der Waals surface area contributed by atoms with Gasteiger partial charge in [0.2, 0.25) is 10.0 Å². The Morgan fingerprint density at radius 2 is 1.90 bits per heavy atom. The molecule has 0 bridgehead atoms. The third-order valence-electron chi connectivity index (χ3n) is 3.56. The van der Waals surface area contributed by atoms with Crippen molar-refractivity contribution in [3.05, 3.63) is 30.1 Å². The molecule has 1 fully saturated rings. The van der Waals surface area contributed by atoms with Crippen molar-refractivity contribution in [1.82, 2.24) is 4.31 Å². The van der Waals surface area contributed by atoms with Crippen LogP contribution < -0.4 is 0 Å². The average molecular weight is 311 g/mol. The van der Waals surface area contributed by atoms with E-state index >= 15 is 0 Å². The summed E-state index contributed by atoms with van der Waals surface area (Å²) in [7, 11) is -3.53. The lowest BCUT2D eigenvalue weighted by Gasteiger charge is -2.30. The Hall–Kier alpha value is -1.42. The summed E-state index contributed by atoms with van der Waals surface area (Å²) in [4.78, 5) is 0.130. The van der Waals surface area contributed by atoms with E-state index in [0.29, 0.717) is 25.6 Å². The maximum absolute atomic E-state index is 12.9. The summed E-state index contributed by atoms with van der Waals surface area (Å²) >= 11 is 0. The lowest BCUT2D eigenvalue weighted by molar-refractivity contribution is 0.101. The van der Waals surface area contributed by atoms with Gasteiger partial charge in [0.15, 0.2) is 0 Å². The fraction of sp³-hybridized carbons (Fsp3) is 0.467. The Kier molecular flexibility index (Phi) is 5.34. The highest BCUT2D eigenvalue weighted by Crippen LogP contribution is 2.24. The van der Waals surface area contributed by atoms with Gasteiger partial charge in [-0.15, -0.1) is 6.42 Å². The fourth-order valence-electron chi connectivity index (χ4n) is 2.36. The highest BCUT2D eigenvalue weighted by Gasteiger charge is 2.29. The second-order valence-electron chi connectivity index (χ2n) is 5.02. The van der Waals surface area contributed by atoms with Crippen LogP contribution in [0.2, 0.25) is 0 Å². The third kappa shape index (κ3) is 4.03. The van der Waals surface area contributed by atoms with Crippen LogP contribution in [0, 0.1) is 24.1 Å². The highest BCUT2D eigenvalue weighted by molar-refractivity contribution is 7.89. The molecule has 1 aromatic rings. The summed E-state index contributed by atoms with van der Waals surface area (Å²) in [6.45, 7) is 1.75. The quantitative estimate of drug-likeness (QED) is 0.616. The van der Waals surface area contributed by atoms with Crippen molar-refractivity contribution in [1.29, 1.82) is 0 Å². The maximum Gasteiger partial charge on any atom is 0.243 e. The van der Waals surface area contributed by atoms with Gasteiger partial charge in [0.25, 0.3) is 0 Å². The summed E-state index contributed by atoms with van der Waals surface area (Å²) in [6, 6.07) is 4.92. The Labute approximate surface area is 125 Å². The van der Waals surface area contributed by atoms with E-state index in [1.807, 2.05) is 0 Å². The summed E-state index contributed by atoms with van der Waals surface area (Å²) in [6.07, 6.45) is 6.59. The van der Waals surface area contributed by atoms with Crippen LogP contribution in [0.1, 0.15) is 12.8 Å². The number of hydrogen-bond acceptors (Lipinski definition) is 3. The maximum atomic E-state index is 12.9. The van der Waals surface area contributed by atoms with Gasteiger partial charge in [0.1, 0.15) is 12.4 Å². The molecule has 1 heterocycles. The molecular weight excluding hydrogens is 293 g/mol. The molecule has 0 spiro atoms. The first-order valence-electron chi connectivity index (χ1n) is 6.81. The summed E-state index contributed by atoms with van der Waals surface area (Å²) in [5.74, 6) is 2.29. The number of nitrogens with zero attached hydrogens (tertiary/aromatic N) is 1. The number of halogens is 1. The Morgan fingerprint density at radius 1 is 1.29 bits per heavy atom. The zero-order valence-corrected chi connectivity index (χ0v) is 12.5. The molecule has 0 aromatic heterocycles. The van der Waals surface area contributed by atoms with Crippen molar-refractivity contribution in [3.8, 4) is 12.3 Å². The Morgan fingerprint density at radius 3 is 2.48 bits per heavy atom. The highest BCUT2D eigenvalue weighted by atomic mass is 32.2. The van der Waals surface area contributed by atoms with Crippen molar-refractivity contribution >= 4 is 10.0 Å². The molecular formula is C15H18FNO3S. The van der Waals surface area contributed by atoms with Crippen LogP contribution in [-0.2, 0) is 14.8 Å². The molecule has 0 unspecified atom stereocenters. The normalized spacial score (nSPS) is 17.5. The van der Waals surface area contributed by atoms with E-state index in [1.165, 1.54) is 16.4 Å². The number of benzene rings is 1. The van der Waals surface area contributed by atoms with Crippen molar-refractivity contribution < 1.29 is 17.5 Å². The first-order valence-corrected chi connectivity index (χ1v) is 8.25. The summed E-state index contributed by atoms with van der Waals surface area (Å²) in [5, 5.41) is 0. The largest absolute Gasteiger partial charge is 0.369 e. The first kappa shape index (κ1) is 16.0. The molecule has 4 nitrogen and oxygen atoms in total. The van der Waals surface area contributed by atoms with Gasteiger partial charge in [0, 0.05) is 13.1 Å². The molecule has 0 N–H and O–H groups in total. The smallest absolute Gasteiger partial charge is 0.243 e. The van der Waals surface area contributed by atoms with Crippen LogP contribution in [0.25, 0.3) is 0 Å². The van der Waals surface area contributed by atoms with Gasteiger partial charge in [-0.2, -0.15) is 4.31 Å². The van der Waals surface area contributed by atoms with Gasteiger partial charge in [-0.05, 0) is 43.0 Å². The van der Waals surface area contributed by atoms with E-state index in [1.54, 1.807) is 0 Å². The Bertz CT molecular complexity index is 599. The molecule has 0 amide bonds. The van der Waals surface area contributed by atoms with Crippen molar-refractivity contribution in [2.75, 3.05) is 26.3 Å². The standard InChI is InChI=1S/C15H18FNO3S/c1-2-11-20-12-13-7-9-17(10-8-13)21(18,19)15-5-3-14(16)4-6-15/h1,3-6,13H,7-12H2. The second-order valence-corrected chi connectivity index (χ2v) is 6.96. The van der Waals surface area contributed by atoms with E-state index in [2.05, 4.69) is 5.92 Å². The van der Waals surface area contributed by atoms with Gasteiger partial charge in [-0.3, -0.25) is 0 Å². The number of rotatable bonds is 5. The zero-order valence-electron chi connectivity index (χ0n) is 11.7. The number of piperidine rings is 1. The molecule has 21 heavy (non-hydrogen) atoms. The molecule has 1 aliphatic heterocycles. The average Bonchev–Trinajstić information content (AvgIpc) is 2.48. The number of ether oxygens (including phenoxy) is 1. The molecule has 1 saturated heterocycles. The van der Waals surface area contributed by atoms with Crippen LogP contribution in [0.3, 0.4) is 0 Å². The SMILES string of the molecule is C#CCOCC1CCN(S(=O)(=O)c2ccc(F)cc2)CC1. The van der Waals surface area contributed by atoms with Gasteiger partial charge in [-0.25, -0.2) is 12.8 Å². The van der Waals surface area contributed by atoms with E-state index < -0.39 is 15.8 Å². The molecule has 1 aliphatic rings. The molecule has 0 atom stereocenters. The van der Waals surface area contributed by atoms with Gasteiger partial charge < -0.3 is 4.74 Å². The zero-order chi connectivity index (χ0) is 15.3. The minimum Gasteiger partial charge on any atom is -0.369 e. The van der Waals surface area contributed by atoms with Crippen LogP contribution in [0.4, 0.5) is 4.39 Å². The van der Waals surface area contributed by atoms with Crippen LogP contribution >= 0.6 is 0 Å². The predicted octanol–water partition coefficient (Wildman–Crippen LogP) is 1.88. The number of hydrogen-bond donors (Lipinski definition) is 0. The summed E-state index contributed by atoms with van der Waals surface area (Å²) in [5.41, 5.74) is 0. The van der Waals surface area contributed by atoms with Gasteiger partial charge in [0.05, 0.1) is 11.5 Å². The minimum atomic E-state index is -3.53. The van der Waals surface area contributed by atoms with Crippen LogP contribution in [0.5, 0.6) is 0 Å². The predicted molar refractivity (Wildman–Crippen MR) is 77.5 cm³/mol. The first-order chi connectivity index (χ1) is 10.0. The Balaban J connectivity index is 1.95. The molecule has 2 rings (SSSR count). The molecule has 1 aromatic carbocycles. The minimum absolute atomic E-state index is 0.130. The summed E-state index contributed by atoms with van der Waals surface area (Å²) < 4.78 is 44.4. The molecule has 0 radical (unpaired) electrons. The monoisotopic (exact) mass is 311 g/mol. The second kappa shape index (κ2) is 7.03. The molecule has 0 aliphatic carbocycles. The number of terminal acetylenes is 1. The molecule has 6 heteroatoms. The van der Waals surface area contributed by atoms with Crippen molar-refractivity contribution in [2.45, 2.75) is 17.7 Å². The van der Waals surface area contributed by atoms with Crippen molar-refractivity contribution in [3.63, 3.8) is 0 Å². The van der Waals surface area contributed by atoms with E-state index in [-0.39, 0.29) is 11.5 Å². The molecule has 0 saturated carbocycles. The van der Waals surface area contributed by atoms with Crippen LogP contribution in [0.15, 0.2) is 29.2 Å². The topological polar surface area (TPSA) is 46.6 Å². The lowest BCUT2D eigenvalue weighted by Crippen LogP contribution is -2.39. The fourth-order valence-corrected chi connectivity index (χ4v) is 3.83. The van der Waals surface area contributed by atoms with Crippen molar-refractivity contribution in [2.24, 2.45) is 5.92 Å². The van der Waals surface area contributed by atoms with Crippen LogP contribution in [-0.4, -0.2) is 39.0 Å². The molecule has 114 valence electrons. The number of sulfonamides is 1. The van der Waals surface area contributed by atoms with E-state index in [0.717, 1.165) is 25.0 Å². The van der Waals surface area contributed by atoms with Gasteiger partial charge in [-0.1, -0.05) is 5.92 Å². The van der Waals surface area contributed by atoms with E-state index in [9.17, 15) is 12.8 Å². The van der Waals surface area contributed by atoms with Gasteiger partial charge >= 0.3 is 0 Å². The van der Waals surface area contributed by atoms with E-state index in [4.69, 9.17) is 11.2 Å². The third-order valence-corrected chi connectivity index (χ3v) is 5.48. The lowest BCUT2D eigenvalue weighted by atomic mass is 9.99.